The molecule has 0 bridgehead atoms. The van der Waals surface area contributed by atoms with E-state index in [1.54, 1.807) is 17.0 Å². The summed E-state index contributed by atoms with van der Waals surface area (Å²) in [4.78, 5) is 32.3. The summed E-state index contributed by atoms with van der Waals surface area (Å²) in [7, 11) is 0. The fourth-order valence-corrected chi connectivity index (χ4v) is 2.48. The van der Waals surface area contributed by atoms with Gasteiger partial charge in [-0.25, -0.2) is 0 Å². The molecule has 0 radical (unpaired) electrons. The van der Waals surface area contributed by atoms with E-state index in [1.807, 2.05) is 13.8 Å². The minimum Gasteiger partial charge on any atom is -0.395 e. The summed E-state index contributed by atoms with van der Waals surface area (Å²) in [6.45, 7) is 7.29. The molecule has 7 heteroatoms. The maximum absolute atomic E-state index is 12.4. The van der Waals surface area contributed by atoms with Crippen LogP contribution >= 0.6 is 0 Å². The van der Waals surface area contributed by atoms with Crippen molar-refractivity contribution >= 4 is 11.8 Å². The first-order chi connectivity index (χ1) is 11.0. The van der Waals surface area contributed by atoms with Gasteiger partial charge in [-0.2, -0.15) is 0 Å². The zero-order chi connectivity index (χ0) is 16.8. The van der Waals surface area contributed by atoms with Crippen LogP contribution in [0.2, 0.25) is 0 Å². The van der Waals surface area contributed by atoms with Crippen LogP contribution in [0.4, 0.5) is 0 Å². The molecule has 0 aliphatic carbocycles. The van der Waals surface area contributed by atoms with Crippen LogP contribution in [-0.2, 0) is 0 Å². The van der Waals surface area contributed by atoms with Crippen LogP contribution in [-0.4, -0.2) is 77.1 Å². The second kappa shape index (κ2) is 8.03. The van der Waals surface area contributed by atoms with E-state index in [4.69, 9.17) is 5.11 Å². The average Bonchev–Trinajstić information content (AvgIpc) is 2.55. The summed E-state index contributed by atoms with van der Waals surface area (Å²) in [6.07, 6.45) is 1.44. The first-order valence-corrected chi connectivity index (χ1v) is 7.90. The molecule has 0 aromatic carbocycles. The van der Waals surface area contributed by atoms with Crippen molar-refractivity contribution in [2.24, 2.45) is 0 Å². The molecule has 2 heterocycles. The smallest absolute Gasteiger partial charge is 0.272 e. The number of aliphatic hydroxyl groups is 1. The number of nitrogens with one attached hydrogen (secondary N) is 1. The molecule has 1 fully saturated rings. The van der Waals surface area contributed by atoms with Gasteiger partial charge in [-0.15, -0.1) is 0 Å². The van der Waals surface area contributed by atoms with Crippen molar-refractivity contribution < 1.29 is 14.7 Å². The Labute approximate surface area is 136 Å². The van der Waals surface area contributed by atoms with Gasteiger partial charge < -0.3 is 15.3 Å². The highest BCUT2D eigenvalue weighted by molar-refractivity contribution is 5.96. The molecule has 1 saturated heterocycles. The molecule has 1 aromatic rings. The van der Waals surface area contributed by atoms with Gasteiger partial charge in [-0.05, 0) is 26.0 Å². The van der Waals surface area contributed by atoms with E-state index in [1.165, 1.54) is 6.20 Å². The van der Waals surface area contributed by atoms with E-state index in [0.717, 1.165) is 13.1 Å². The second-order valence-electron chi connectivity index (χ2n) is 5.92. The first-order valence-electron chi connectivity index (χ1n) is 7.90. The number of aliphatic hydroxyl groups excluding tert-OH is 1. The Morgan fingerprint density at radius 2 is 1.96 bits per heavy atom. The van der Waals surface area contributed by atoms with Gasteiger partial charge in [0.05, 0.1) is 12.2 Å². The fourth-order valence-electron chi connectivity index (χ4n) is 2.48. The van der Waals surface area contributed by atoms with Crippen molar-refractivity contribution in [3.63, 3.8) is 0 Å². The summed E-state index contributed by atoms with van der Waals surface area (Å²) >= 11 is 0. The van der Waals surface area contributed by atoms with Crippen molar-refractivity contribution in [1.82, 2.24) is 20.1 Å². The Morgan fingerprint density at radius 3 is 2.48 bits per heavy atom. The topological polar surface area (TPSA) is 85.8 Å². The molecule has 0 spiro atoms. The second-order valence-corrected chi connectivity index (χ2v) is 5.92. The standard InChI is InChI=1S/C16H24N4O3/c1-12(2)18-15(22)13-3-4-14(17-11-13)16(23)20-7-5-19(6-8-20)9-10-21/h3-4,11-12,21H,5-10H2,1-2H3,(H,18,22). The van der Waals surface area contributed by atoms with Crippen LogP contribution in [0, 0.1) is 0 Å². The molecule has 1 aliphatic rings. The predicted molar refractivity (Wildman–Crippen MR) is 86.3 cm³/mol. The molecule has 7 nitrogen and oxygen atoms in total. The lowest BCUT2D eigenvalue weighted by Gasteiger charge is -2.34. The first kappa shape index (κ1) is 17.4. The maximum atomic E-state index is 12.4. The number of hydrogen-bond donors (Lipinski definition) is 2. The Hall–Kier alpha value is -1.99. The van der Waals surface area contributed by atoms with Crippen molar-refractivity contribution in [3.05, 3.63) is 29.6 Å². The van der Waals surface area contributed by atoms with Gasteiger partial charge in [0.1, 0.15) is 5.69 Å². The highest BCUT2D eigenvalue weighted by Gasteiger charge is 2.22. The van der Waals surface area contributed by atoms with E-state index in [-0.39, 0.29) is 24.5 Å². The Morgan fingerprint density at radius 1 is 1.26 bits per heavy atom. The van der Waals surface area contributed by atoms with Crippen molar-refractivity contribution in [1.29, 1.82) is 0 Å². The number of nitrogens with zero attached hydrogens (tertiary/aromatic N) is 3. The summed E-state index contributed by atoms with van der Waals surface area (Å²) in [6, 6.07) is 3.27. The zero-order valence-electron chi connectivity index (χ0n) is 13.7. The summed E-state index contributed by atoms with van der Waals surface area (Å²) in [5, 5.41) is 11.7. The molecular weight excluding hydrogens is 296 g/mol. The largest absolute Gasteiger partial charge is 0.395 e. The van der Waals surface area contributed by atoms with Crippen LogP contribution in [0.3, 0.4) is 0 Å². The van der Waals surface area contributed by atoms with Gasteiger partial charge in [0.25, 0.3) is 11.8 Å². The molecule has 1 aliphatic heterocycles. The number of amides is 2. The minimum absolute atomic E-state index is 0.0547. The third-order valence-corrected chi connectivity index (χ3v) is 3.74. The van der Waals surface area contributed by atoms with Crippen LogP contribution in [0.1, 0.15) is 34.7 Å². The van der Waals surface area contributed by atoms with Crippen molar-refractivity contribution in [3.8, 4) is 0 Å². The molecule has 126 valence electrons. The zero-order valence-corrected chi connectivity index (χ0v) is 13.7. The maximum Gasteiger partial charge on any atom is 0.272 e. The van der Waals surface area contributed by atoms with E-state index < -0.39 is 0 Å². The Bertz CT molecular complexity index is 537. The van der Waals surface area contributed by atoms with Gasteiger partial charge in [-0.3, -0.25) is 19.5 Å². The third kappa shape index (κ3) is 4.74. The van der Waals surface area contributed by atoms with Gasteiger partial charge in [-0.1, -0.05) is 0 Å². The van der Waals surface area contributed by atoms with E-state index in [0.29, 0.717) is 30.9 Å². The van der Waals surface area contributed by atoms with Crippen LogP contribution in [0.5, 0.6) is 0 Å². The lowest BCUT2D eigenvalue weighted by atomic mass is 10.2. The highest BCUT2D eigenvalue weighted by atomic mass is 16.3. The molecule has 0 unspecified atom stereocenters. The van der Waals surface area contributed by atoms with Crippen LogP contribution in [0.25, 0.3) is 0 Å². The predicted octanol–water partition coefficient (Wildman–Crippen LogP) is -0.0301. The number of aromatic nitrogens is 1. The normalized spacial score (nSPS) is 15.7. The van der Waals surface area contributed by atoms with Gasteiger partial charge in [0, 0.05) is 45.0 Å². The fraction of sp³-hybridized carbons (Fsp3) is 0.562. The van der Waals surface area contributed by atoms with Crippen molar-refractivity contribution in [2.45, 2.75) is 19.9 Å². The molecular formula is C16H24N4O3. The van der Waals surface area contributed by atoms with Gasteiger partial charge in [0.15, 0.2) is 0 Å². The third-order valence-electron chi connectivity index (χ3n) is 3.74. The van der Waals surface area contributed by atoms with E-state index >= 15 is 0 Å². The lowest BCUT2D eigenvalue weighted by Crippen LogP contribution is -2.49. The van der Waals surface area contributed by atoms with E-state index in [2.05, 4.69) is 15.2 Å². The van der Waals surface area contributed by atoms with Crippen LogP contribution < -0.4 is 5.32 Å². The van der Waals surface area contributed by atoms with Gasteiger partial charge in [0.2, 0.25) is 0 Å². The quantitative estimate of drug-likeness (QED) is 0.796. The van der Waals surface area contributed by atoms with E-state index in [9.17, 15) is 9.59 Å². The number of β-amino-alcohol motifs (C(OH)–C–C–N with tert-alkyl or cyclic N) is 1. The number of carbonyl (C=O) groups excluding carboxylic acids is 2. The summed E-state index contributed by atoms with van der Waals surface area (Å²) < 4.78 is 0. The SMILES string of the molecule is CC(C)NC(=O)c1ccc(C(=O)N2CCN(CCO)CC2)nc1. The Kier molecular flexibility index (Phi) is 6.06. The lowest BCUT2D eigenvalue weighted by molar-refractivity contribution is 0.0609. The number of carbonyl (C=O) groups is 2. The molecule has 2 amide bonds. The molecule has 1 aromatic heterocycles. The number of rotatable bonds is 5. The minimum atomic E-state index is -0.191. The molecule has 23 heavy (non-hydrogen) atoms. The number of piperazine rings is 1. The molecule has 2 N–H and O–H groups in total. The molecule has 2 rings (SSSR count). The Balaban J connectivity index is 1.94. The number of hydrogen-bond acceptors (Lipinski definition) is 5. The number of pyridine rings is 1. The van der Waals surface area contributed by atoms with Gasteiger partial charge >= 0.3 is 0 Å². The molecule has 0 atom stereocenters. The monoisotopic (exact) mass is 320 g/mol. The summed E-state index contributed by atoms with van der Waals surface area (Å²) in [5.41, 5.74) is 0.796. The molecule has 0 saturated carbocycles. The summed E-state index contributed by atoms with van der Waals surface area (Å²) in [5.74, 6) is -0.311. The van der Waals surface area contributed by atoms with Crippen LogP contribution in [0.15, 0.2) is 18.3 Å². The highest BCUT2D eigenvalue weighted by Crippen LogP contribution is 2.08. The van der Waals surface area contributed by atoms with Crippen molar-refractivity contribution in [2.75, 3.05) is 39.3 Å². The average molecular weight is 320 g/mol.